The third-order valence-corrected chi connectivity index (χ3v) is 4.68. The highest BCUT2D eigenvalue weighted by molar-refractivity contribution is 5.92. The molecule has 0 aliphatic heterocycles. The first-order chi connectivity index (χ1) is 13.0. The molecule has 1 amide bonds. The first-order valence-corrected chi connectivity index (χ1v) is 8.81. The number of nitro groups is 1. The Kier molecular flexibility index (Phi) is 5.47. The zero-order valence-electron chi connectivity index (χ0n) is 15.3. The second-order valence-electron chi connectivity index (χ2n) is 6.60. The highest BCUT2D eigenvalue weighted by Crippen LogP contribution is 2.23. The topological polar surface area (TPSA) is 88.9 Å². The Morgan fingerprint density at radius 1 is 1.15 bits per heavy atom. The van der Waals surface area contributed by atoms with Gasteiger partial charge in [0.2, 0.25) is 0 Å². The number of hydrogen-bond acceptors (Lipinski definition) is 3. The van der Waals surface area contributed by atoms with E-state index in [-0.39, 0.29) is 24.2 Å². The van der Waals surface area contributed by atoms with Gasteiger partial charge in [0.15, 0.2) is 6.54 Å². The second-order valence-corrected chi connectivity index (χ2v) is 6.60. The number of quaternary nitrogens is 1. The number of amides is 1. The van der Waals surface area contributed by atoms with Crippen molar-refractivity contribution in [1.29, 1.82) is 0 Å². The van der Waals surface area contributed by atoms with Crippen LogP contribution in [0.15, 0.2) is 60.7 Å². The van der Waals surface area contributed by atoms with E-state index < -0.39 is 4.92 Å². The van der Waals surface area contributed by atoms with Gasteiger partial charge in [0.05, 0.1) is 10.6 Å². The number of carbonyl (C=O) groups excluding carboxylic acids is 1. The van der Waals surface area contributed by atoms with E-state index in [1.54, 1.807) is 6.07 Å². The van der Waals surface area contributed by atoms with E-state index in [9.17, 15) is 14.9 Å². The fraction of sp³-hybridized carbons (Fsp3) is 0.190. The maximum absolute atomic E-state index is 12.3. The summed E-state index contributed by atoms with van der Waals surface area (Å²) >= 11 is 0. The van der Waals surface area contributed by atoms with Crippen LogP contribution < -0.4 is 10.6 Å². The molecule has 27 heavy (non-hydrogen) atoms. The molecule has 0 bridgehead atoms. The lowest BCUT2D eigenvalue weighted by Gasteiger charge is -2.14. The first-order valence-electron chi connectivity index (χ1n) is 8.81. The maximum atomic E-state index is 12.3. The number of nitrogens with zero attached hydrogens (tertiary/aromatic N) is 1. The number of nitrogens with one attached hydrogen (secondary N) is 1. The molecule has 0 unspecified atom stereocenters. The third-order valence-electron chi connectivity index (χ3n) is 4.68. The van der Waals surface area contributed by atoms with Gasteiger partial charge in [-0.3, -0.25) is 14.9 Å². The monoisotopic (exact) mass is 364 g/mol. The molecule has 6 nitrogen and oxygen atoms in total. The van der Waals surface area contributed by atoms with Crippen LogP contribution in [0.2, 0.25) is 0 Å². The summed E-state index contributed by atoms with van der Waals surface area (Å²) in [7, 11) is 0. The molecule has 0 heterocycles. The number of anilines is 1. The van der Waals surface area contributed by atoms with E-state index in [2.05, 4.69) is 36.5 Å². The van der Waals surface area contributed by atoms with E-state index in [0.29, 0.717) is 5.69 Å². The van der Waals surface area contributed by atoms with Crippen molar-refractivity contribution in [3.05, 3.63) is 81.9 Å². The van der Waals surface area contributed by atoms with E-state index >= 15 is 0 Å². The van der Waals surface area contributed by atoms with Crippen molar-refractivity contribution in [2.45, 2.75) is 19.9 Å². The highest BCUT2D eigenvalue weighted by Gasteiger charge is 2.16. The predicted octanol–water partition coefficient (Wildman–Crippen LogP) is 3.32. The molecule has 0 spiro atoms. The standard InChI is InChI=1S/C21H21N3O3/c1-14-10-11-17(24(26)27)12-20(14)23-21(25)13-22-15(2)18-9-5-7-16-6-3-4-8-19(16)18/h3-12,15,22H,13H2,1-2H3,(H,23,25)/p+1/t15-/m0/s1. The van der Waals surface area contributed by atoms with Gasteiger partial charge in [-0.05, 0) is 30.2 Å². The Hall–Kier alpha value is -3.25. The van der Waals surface area contributed by atoms with Crippen LogP contribution in [-0.2, 0) is 4.79 Å². The molecule has 138 valence electrons. The van der Waals surface area contributed by atoms with Crippen molar-refractivity contribution in [3.63, 3.8) is 0 Å². The van der Waals surface area contributed by atoms with Crippen molar-refractivity contribution in [2.75, 3.05) is 11.9 Å². The summed E-state index contributed by atoms with van der Waals surface area (Å²) in [6, 6.07) is 18.9. The zero-order valence-corrected chi connectivity index (χ0v) is 15.3. The van der Waals surface area contributed by atoms with Crippen molar-refractivity contribution in [2.24, 2.45) is 0 Å². The smallest absolute Gasteiger partial charge is 0.279 e. The summed E-state index contributed by atoms with van der Waals surface area (Å²) in [5, 5.41) is 18.0. The Labute approximate surface area is 157 Å². The van der Waals surface area contributed by atoms with Gasteiger partial charge in [0, 0.05) is 17.7 Å². The second kappa shape index (κ2) is 7.97. The number of nitro benzene ring substituents is 1. The predicted molar refractivity (Wildman–Crippen MR) is 106 cm³/mol. The summed E-state index contributed by atoms with van der Waals surface area (Å²) in [4.78, 5) is 22.8. The van der Waals surface area contributed by atoms with Gasteiger partial charge in [-0.1, -0.05) is 48.5 Å². The molecular weight excluding hydrogens is 342 g/mol. The molecule has 0 fully saturated rings. The molecular formula is C21H22N3O3+. The quantitative estimate of drug-likeness (QED) is 0.519. The molecule has 3 aromatic carbocycles. The summed E-state index contributed by atoms with van der Waals surface area (Å²) in [6.45, 7) is 4.10. The lowest BCUT2D eigenvalue weighted by atomic mass is 10.00. The van der Waals surface area contributed by atoms with E-state index in [4.69, 9.17) is 0 Å². The normalized spacial score (nSPS) is 11.9. The molecule has 3 N–H and O–H groups in total. The number of benzene rings is 3. The number of rotatable bonds is 6. The minimum Gasteiger partial charge on any atom is -0.332 e. The Morgan fingerprint density at radius 2 is 1.89 bits per heavy atom. The number of fused-ring (bicyclic) bond motifs is 1. The van der Waals surface area contributed by atoms with Crippen LogP contribution >= 0.6 is 0 Å². The number of nitrogens with two attached hydrogens (primary N) is 1. The number of non-ortho nitro benzene ring substituents is 1. The van der Waals surface area contributed by atoms with Crippen LogP contribution in [0.3, 0.4) is 0 Å². The van der Waals surface area contributed by atoms with Gasteiger partial charge in [0.25, 0.3) is 11.6 Å². The zero-order chi connectivity index (χ0) is 19.4. The Morgan fingerprint density at radius 3 is 2.67 bits per heavy atom. The van der Waals surface area contributed by atoms with Crippen molar-refractivity contribution in [3.8, 4) is 0 Å². The van der Waals surface area contributed by atoms with Crippen LogP contribution in [0.5, 0.6) is 0 Å². The van der Waals surface area contributed by atoms with Gasteiger partial charge in [-0.2, -0.15) is 0 Å². The SMILES string of the molecule is Cc1ccc([N+](=O)[O-])cc1NC(=O)C[NH2+][C@@H](C)c1cccc2ccccc12. The van der Waals surface area contributed by atoms with Crippen LogP contribution in [0.25, 0.3) is 10.8 Å². The Bertz CT molecular complexity index is 996. The fourth-order valence-corrected chi connectivity index (χ4v) is 3.12. The van der Waals surface area contributed by atoms with Gasteiger partial charge < -0.3 is 10.6 Å². The average molecular weight is 364 g/mol. The van der Waals surface area contributed by atoms with Crippen molar-refractivity contribution in [1.82, 2.24) is 0 Å². The number of carbonyl (C=O) groups is 1. The summed E-state index contributed by atoms with van der Waals surface area (Å²) in [5.41, 5.74) is 2.40. The summed E-state index contributed by atoms with van der Waals surface area (Å²) < 4.78 is 0. The van der Waals surface area contributed by atoms with E-state index in [1.807, 2.05) is 30.4 Å². The average Bonchev–Trinajstić information content (AvgIpc) is 2.67. The molecule has 0 radical (unpaired) electrons. The first kappa shape index (κ1) is 18.5. The lowest BCUT2D eigenvalue weighted by molar-refractivity contribution is -0.682. The number of hydrogen-bond donors (Lipinski definition) is 2. The van der Waals surface area contributed by atoms with Gasteiger partial charge >= 0.3 is 0 Å². The van der Waals surface area contributed by atoms with E-state index in [0.717, 1.165) is 5.56 Å². The summed E-state index contributed by atoms with van der Waals surface area (Å²) in [5.74, 6) is -0.189. The molecule has 0 aliphatic rings. The van der Waals surface area contributed by atoms with Crippen molar-refractivity contribution >= 4 is 28.1 Å². The highest BCUT2D eigenvalue weighted by atomic mass is 16.6. The number of aryl methyl sites for hydroxylation is 1. The van der Waals surface area contributed by atoms with Crippen LogP contribution in [-0.4, -0.2) is 17.4 Å². The largest absolute Gasteiger partial charge is 0.332 e. The molecule has 6 heteroatoms. The Balaban J connectivity index is 1.67. The van der Waals surface area contributed by atoms with Gasteiger partial charge in [-0.25, -0.2) is 0 Å². The van der Waals surface area contributed by atoms with Gasteiger partial charge in [0.1, 0.15) is 6.04 Å². The van der Waals surface area contributed by atoms with E-state index in [1.165, 1.54) is 28.5 Å². The maximum Gasteiger partial charge on any atom is 0.279 e. The fourth-order valence-electron chi connectivity index (χ4n) is 3.12. The van der Waals surface area contributed by atoms with Crippen LogP contribution in [0.4, 0.5) is 11.4 Å². The summed E-state index contributed by atoms with van der Waals surface area (Å²) in [6.07, 6.45) is 0. The molecule has 0 saturated heterocycles. The molecule has 1 atom stereocenters. The van der Waals surface area contributed by atoms with Crippen LogP contribution in [0, 0.1) is 17.0 Å². The van der Waals surface area contributed by atoms with Gasteiger partial charge in [-0.15, -0.1) is 0 Å². The minimum atomic E-state index is -0.468. The molecule has 0 aliphatic carbocycles. The third kappa shape index (κ3) is 4.30. The lowest BCUT2D eigenvalue weighted by Crippen LogP contribution is -2.86. The molecule has 0 aromatic heterocycles. The molecule has 3 aromatic rings. The molecule has 0 saturated carbocycles. The minimum absolute atomic E-state index is 0.0380. The van der Waals surface area contributed by atoms with Crippen LogP contribution in [0.1, 0.15) is 24.1 Å². The van der Waals surface area contributed by atoms with Crippen molar-refractivity contribution < 1.29 is 15.0 Å². The molecule has 3 rings (SSSR count).